The van der Waals surface area contributed by atoms with Crippen LogP contribution in [-0.4, -0.2) is 87.2 Å². The Labute approximate surface area is 250 Å². The van der Waals surface area contributed by atoms with E-state index in [9.17, 15) is 19.1 Å². The highest BCUT2D eigenvalue weighted by atomic mass is 19.2. The molecule has 0 amide bonds. The molecule has 228 valence electrons. The van der Waals surface area contributed by atoms with Gasteiger partial charge in [-0.25, -0.2) is 18.7 Å². The molecule has 0 bridgehead atoms. The van der Waals surface area contributed by atoms with Crippen LogP contribution in [0.3, 0.4) is 0 Å². The van der Waals surface area contributed by atoms with Gasteiger partial charge >= 0.3 is 0 Å². The number of nitrogens with zero attached hydrogens (tertiary/aromatic N) is 6. The number of fused-ring (bicyclic) bond motifs is 1. The van der Waals surface area contributed by atoms with Gasteiger partial charge < -0.3 is 14.8 Å². The molecule has 11 heteroatoms. The van der Waals surface area contributed by atoms with Crippen molar-refractivity contribution < 1.29 is 18.6 Å². The zero-order chi connectivity index (χ0) is 30.4. The Morgan fingerprint density at radius 1 is 1.26 bits per heavy atom. The van der Waals surface area contributed by atoms with Gasteiger partial charge in [0.2, 0.25) is 0 Å². The number of aliphatic hydroxyl groups excluding tert-OH is 1. The zero-order valence-corrected chi connectivity index (χ0v) is 24.7. The van der Waals surface area contributed by atoms with Crippen molar-refractivity contribution in [1.82, 2.24) is 24.8 Å². The number of piperidine rings is 1. The summed E-state index contributed by atoms with van der Waals surface area (Å²) in [6.07, 6.45) is 9.55. The highest BCUT2D eigenvalue weighted by Gasteiger charge is 2.45. The lowest BCUT2D eigenvalue weighted by Gasteiger charge is -2.54. The van der Waals surface area contributed by atoms with Crippen molar-refractivity contribution in [2.75, 3.05) is 32.7 Å². The summed E-state index contributed by atoms with van der Waals surface area (Å²) in [5.41, 5.74) is 3.02. The molecule has 2 N–H and O–H groups in total. The first kappa shape index (κ1) is 30.9. The Morgan fingerprint density at radius 3 is 2.77 bits per heavy atom. The third kappa shape index (κ3) is 7.16. The van der Waals surface area contributed by atoms with E-state index in [4.69, 9.17) is 9.73 Å². The number of halogens is 2. The molecule has 3 aromatic rings. The molecule has 9 nitrogen and oxygen atoms in total. The SMILES string of the molecule is C/C=C(\C=NCCC1(CC#N)CN(C2CCN(C(C)C(O)OCc3ccc(F)c(F)c3)CC2)C1)c1ncnc2[nH]ccc12. The van der Waals surface area contributed by atoms with Gasteiger partial charge in [0.05, 0.1) is 24.4 Å². The topological polar surface area (TPSA) is 114 Å². The third-order valence-corrected chi connectivity index (χ3v) is 8.88. The van der Waals surface area contributed by atoms with E-state index in [-0.39, 0.29) is 18.1 Å². The molecule has 2 atom stereocenters. The molecular formula is C32H39F2N7O2. The number of aliphatic imine (C=N–C) groups is 1. The molecule has 0 radical (unpaired) electrons. The number of nitriles is 1. The molecule has 0 aliphatic carbocycles. The number of aromatic nitrogens is 3. The molecule has 2 unspecified atom stereocenters. The van der Waals surface area contributed by atoms with Crippen LogP contribution < -0.4 is 0 Å². The lowest BCUT2D eigenvalue weighted by atomic mass is 9.73. The summed E-state index contributed by atoms with van der Waals surface area (Å²) in [7, 11) is 0. The summed E-state index contributed by atoms with van der Waals surface area (Å²) in [4.78, 5) is 21.2. The molecule has 4 heterocycles. The fourth-order valence-electron chi connectivity index (χ4n) is 6.23. The van der Waals surface area contributed by atoms with Gasteiger partial charge in [0, 0.05) is 74.0 Å². The second-order valence-electron chi connectivity index (χ2n) is 11.7. The first-order valence-electron chi connectivity index (χ1n) is 14.9. The number of hydrogen-bond donors (Lipinski definition) is 2. The van der Waals surface area contributed by atoms with Crippen molar-refractivity contribution in [2.45, 2.75) is 64.5 Å². The standard InChI is InChI=1S/C32H39F2N7O2/c1-3-24(29-26-6-12-37-30(26)39-21-38-29)17-36-13-10-32(9-11-35)19-41(20-32)25-7-14-40(15-8-25)22(2)31(42)43-18-23-4-5-27(33)28(34)16-23/h3-6,12,16-17,21-22,25,31,42H,7-10,13-15,18-20H2,1-2H3,(H,37,38,39)/b24-3+,36-17?. The van der Waals surface area contributed by atoms with Crippen molar-refractivity contribution in [3.63, 3.8) is 0 Å². The van der Waals surface area contributed by atoms with Crippen molar-refractivity contribution in [3.8, 4) is 6.07 Å². The van der Waals surface area contributed by atoms with Crippen LogP contribution in [0.1, 0.15) is 50.8 Å². The Balaban J connectivity index is 1.07. The van der Waals surface area contributed by atoms with Crippen LogP contribution in [0.5, 0.6) is 0 Å². The minimum atomic E-state index is -1.04. The largest absolute Gasteiger partial charge is 0.367 e. The summed E-state index contributed by atoms with van der Waals surface area (Å²) in [6.45, 7) is 7.98. The minimum absolute atomic E-state index is 0.00539. The quantitative estimate of drug-likeness (QED) is 0.232. The average Bonchev–Trinajstić information content (AvgIpc) is 3.49. The highest BCUT2D eigenvalue weighted by molar-refractivity contribution is 6.13. The minimum Gasteiger partial charge on any atom is -0.367 e. The molecule has 1 aromatic carbocycles. The predicted molar refractivity (Wildman–Crippen MR) is 161 cm³/mol. The van der Waals surface area contributed by atoms with E-state index in [2.05, 4.69) is 30.8 Å². The van der Waals surface area contributed by atoms with E-state index in [1.165, 1.54) is 6.07 Å². The van der Waals surface area contributed by atoms with Crippen LogP contribution in [0.15, 0.2) is 47.9 Å². The summed E-state index contributed by atoms with van der Waals surface area (Å²) in [6, 6.07) is 8.18. The Morgan fingerprint density at radius 2 is 2.05 bits per heavy atom. The molecule has 2 aliphatic heterocycles. The number of likely N-dealkylation sites (tertiary alicyclic amines) is 2. The number of nitrogens with one attached hydrogen (secondary N) is 1. The molecule has 0 spiro atoms. The monoisotopic (exact) mass is 591 g/mol. The fraction of sp³-hybridized carbons (Fsp3) is 0.500. The molecule has 2 aliphatic rings. The van der Waals surface area contributed by atoms with Crippen LogP contribution in [0, 0.1) is 28.4 Å². The van der Waals surface area contributed by atoms with Gasteiger partial charge in [-0.3, -0.25) is 14.8 Å². The molecule has 2 saturated heterocycles. The van der Waals surface area contributed by atoms with Gasteiger partial charge in [0.1, 0.15) is 12.0 Å². The molecule has 5 rings (SSSR count). The normalized spacial score (nSPS) is 19.9. The Hall–Kier alpha value is -3.56. The second-order valence-corrected chi connectivity index (χ2v) is 11.7. The predicted octanol–water partition coefficient (Wildman–Crippen LogP) is 4.70. The first-order valence-corrected chi connectivity index (χ1v) is 14.9. The van der Waals surface area contributed by atoms with Crippen LogP contribution >= 0.6 is 0 Å². The van der Waals surface area contributed by atoms with Gasteiger partial charge in [0.25, 0.3) is 0 Å². The Bertz CT molecular complexity index is 1490. The molecule has 2 aromatic heterocycles. The number of hydrogen-bond acceptors (Lipinski definition) is 8. The summed E-state index contributed by atoms with van der Waals surface area (Å²) < 4.78 is 32.2. The molecular weight excluding hydrogens is 552 g/mol. The van der Waals surface area contributed by atoms with Crippen molar-refractivity contribution in [1.29, 1.82) is 5.26 Å². The highest BCUT2D eigenvalue weighted by Crippen LogP contribution is 2.40. The fourth-order valence-corrected chi connectivity index (χ4v) is 6.23. The average molecular weight is 592 g/mol. The summed E-state index contributed by atoms with van der Waals surface area (Å²) in [5.74, 6) is -1.83. The number of H-pyrrole nitrogens is 1. The molecule has 0 saturated carbocycles. The van der Waals surface area contributed by atoms with Crippen molar-refractivity contribution in [2.24, 2.45) is 10.4 Å². The van der Waals surface area contributed by atoms with E-state index < -0.39 is 17.9 Å². The second kappa shape index (κ2) is 13.8. The van der Waals surface area contributed by atoms with E-state index in [0.29, 0.717) is 24.6 Å². The number of allylic oxidation sites excluding steroid dienone is 2. The van der Waals surface area contributed by atoms with Gasteiger partial charge in [-0.15, -0.1) is 0 Å². The van der Waals surface area contributed by atoms with Crippen LogP contribution in [0.4, 0.5) is 8.78 Å². The maximum atomic E-state index is 13.5. The van der Waals surface area contributed by atoms with E-state index >= 15 is 0 Å². The van der Waals surface area contributed by atoms with E-state index in [1.807, 2.05) is 38.4 Å². The number of aromatic amines is 1. The first-order chi connectivity index (χ1) is 20.8. The number of aliphatic hydroxyl groups is 1. The lowest BCUT2D eigenvalue weighted by Crippen LogP contribution is -2.62. The zero-order valence-electron chi connectivity index (χ0n) is 24.7. The number of ether oxygens (including phenoxy) is 1. The third-order valence-electron chi connectivity index (χ3n) is 8.88. The Kier molecular flexibility index (Phi) is 9.93. The van der Waals surface area contributed by atoms with Gasteiger partial charge in [0.15, 0.2) is 17.9 Å². The summed E-state index contributed by atoms with van der Waals surface area (Å²) in [5, 5.41) is 21.1. The van der Waals surface area contributed by atoms with Crippen LogP contribution in [-0.2, 0) is 11.3 Å². The van der Waals surface area contributed by atoms with E-state index in [1.54, 1.807) is 6.33 Å². The molecule has 2 fully saturated rings. The van der Waals surface area contributed by atoms with E-state index in [0.717, 1.165) is 79.9 Å². The smallest absolute Gasteiger partial charge is 0.170 e. The number of rotatable bonds is 12. The van der Waals surface area contributed by atoms with Gasteiger partial charge in [-0.2, -0.15) is 5.26 Å². The van der Waals surface area contributed by atoms with Crippen LogP contribution in [0.2, 0.25) is 0 Å². The molecule has 43 heavy (non-hydrogen) atoms. The van der Waals surface area contributed by atoms with Gasteiger partial charge in [-0.05, 0) is 56.9 Å². The maximum Gasteiger partial charge on any atom is 0.170 e. The van der Waals surface area contributed by atoms with Crippen molar-refractivity contribution >= 4 is 22.8 Å². The van der Waals surface area contributed by atoms with Crippen LogP contribution in [0.25, 0.3) is 16.6 Å². The lowest BCUT2D eigenvalue weighted by molar-refractivity contribution is -0.152. The number of benzene rings is 1. The van der Waals surface area contributed by atoms with Gasteiger partial charge in [-0.1, -0.05) is 12.1 Å². The van der Waals surface area contributed by atoms with Crippen molar-refractivity contribution in [3.05, 3.63) is 65.8 Å². The summed E-state index contributed by atoms with van der Waals surface area (Å²) >= 11 is 0. The maximum absolute atomic E-state index is 13.5.